The van der Waals surface area contributed by atoms with Gasteiger partial charge in [-0.15, -0.1) is 0 Å². The highest BCUT2D eigenvalue weighted by atomic mass is 32.2. The molecule has 1 atom stereocenters. The second kappa shape index (κ2) is 9.28. The molecule has 5 nitrogen and oxygen atoms in total. The number of rotatable bonds is 5. The van der Waals surface area contributed by atoms with E-state index >= 15 is 0 Å². The van der Waals surface area contributed by atoms with Gasteiger partial charge in [-0.2, -0.15) is 0 Å². The molecule has 6 heteroatoms. The number of aromatic nitrogens is 2. The second-order valence-electron chi connectivity index (χ2n) is 9.29. The van der Waals surface area contributed by atoms with Gasteiger partial charge < -0.3 is 5.32 Å². The van der Waals surface area contributed by atoms with Gasteiger partial charge >= 0.3 is 0 Å². The third-order valence-corrected chi connectivity index (χ3v) is 8.74. The van der Waals surface area contributed by atoms with Crippen LogP contribution in [0.25, 0.3) is 21.9 Å². The molecule has 0 bridgehead atoms. The van der Waals surface area contributed by atoms with Crippen molar-refractivity contribution in [3.63, 3.8) is 0 Å². The van der Waals surface area contributed by atoms with Gasteiger partial charge in [0.15, 0.2) is 0 Å². The van der Waals surface area contributed by atoms with Crippen LogP contribution in [0.2, 0.25) is 0 Å². The summed E-state index contributed by atoms with van der Waals surface area (Å²) in [6.07, 6.45) is 10.6. The zero-order valence-corrected chi connectivity index (χ0v) is 19.8. The summed E-state index contributed by atoms with van der Waals surface area (Å²) in [4.78, 5) is 8.91. The van der Waals surface area contributed by atoms with Gasteiger partial charge in [0.1, 0.15) is 0 Å². The van der Waals surface area contributed by atoms with Gasteiger partial charge in [0.2, 0.25) is 0 Å². The van der Waals surface area contributed by atoms with E-state index in [1.165, 1.54) is 29.4 Å². The van der Waals surface area contributed by atoms with E-state index in [4.69, 9.17) is 0 Å². The van der Waals surface area contributed by atoms with Crippen molar-refractivity contribution < 1.29 is 4.21 Å². The SMILES string of the molecule is Cc1cc(-c2cc(NC3CCN(S(=O)C4CCCC4)CC3)c3cnccc3c2)cc(C)n1. The molecule has 2 fully saturated rings. The van der Waals surface area contributed by atoms with Crippen molar-refractivity contribution >= 4 is 27.4 Å². The highest BCUT2D eigenvalue weighted by Crippen LogP contribution is 2.33. The summed E-state index contributed by atoms with van der Waals surface area (Å²) in [5, 5.41) is 6.53. The van der Waals surface area contributed by atoms with Crippen LogP contribution in [0, 0.1) is 13.8 Å². The van der Waals surface area contributed by atoms with Gasteiger partial charge in [-0.3, -0.25) is 9.97 Å². The van der Waals surface area contributed by atoms with E-state index in [1.807, 2.05) is 26.2 Å². The first kappa shape index (κ1) is 21.5. The molecule has 0 spiro atoms. The first-order chi connectivity index (χ1) is 15.6. The number of hydrogen-bond donors (Lipinski definition) is 1. The van der Waals surface area contributed by atoms with Gasteiger partial charge in [0.25, 0.3) is 0 Å². The molecule has 1 aromatic carbocycles. The molecule has 32 heavy (non-hydrogen) atoms. The summed E-state index contributed by atoms with van der Waals surface area (Å²) >= 11 is 0. The average Bonchev–Trinajstić information content (AvgIpc) is 3.33. The van der Waals surface area contributed by atoms with E-state index in [9.17, 15) is 4.21 Å². The van der Waals surface area contributed by atoms with Crippen LogP contribution in [-0.2, 0) is 11.0 Å². The number of hydrogen-bond acceptors (Lipinski definition) is 4. The first-order valence-corrected chi connectivity index (χ1v) is 13.0. The van der Waals surface area contributed by atoms with Crippen molar-refractivity contribution in [2.45, 2.75) is 63.7 Å². The minimum Gasteiger partial charge on any atom is -0.382 e. The van der Waals surface area contributed by atoms with E-state index in [0.29, 0.717) is 11.3 Å². The monoisotopic (exact) mass is 448 g/mol. The Labute approximate surface area is 193 Å². The minimum absolute atomic E-state index is 0.381. The molecule has 0 amide bonds. The Bertz CT molecular complexity index is 1110. The fraction of sp³-hybridized carbons (Fsp3) is 0.462. The zero-order valence-electron chi connectivity index (χ0n) is 19.0. The van der Waals surface area contributed by atoms with E-state index in [0.717, 1.165) is 61.2 Å². The Morgan fingerprint density at radius 3 is 2.38 bits per heavy atom. The van der Waals surface area contributed by atoms with E-state index in [2.05, 4.69) is 49.9 Å². The Balaban J connectivity index is 1.36. The van der Waals surface area contributed by atoms with E-state index < -0.39 is 11.0 Å². The maximum atomic E-state index is 12.9. The van der Waals surface area contributed by atoms with Crippen molar-refractivity contribution in [2.24, 2.45) is 0 Å². The quantitative estimate of drug-likeness (QED) is 0.568. The van der Waals surface area contributed by atoms with Crippen LogP contribution in [0.5, 0.6) is 0 Å². The lowest BCUT2D eigenvalue weighted by Gasteiger charge is -2.33. The van der Waals surface area contributed by atoms with Gasteiger partial charge in [-0.05, 0) is 86.4 Å². The molecular weight excluding hydrogens is 416 g/mol. The highest BCUT2D eigenvalue weighted by molar-refractivity contribution is 7.83. The van der Waals surface area contributed by atoms with Crippen molar-refractivity contribution in [3.8, 4) is 11.1 Å². The van der Waals surface area contributed by atoms with Crippen LogP contribution >= 0.6 is 0 Å². The Hall–Kier alpha value is -2.31. The van der Waals surface area contributed by atoms with Crippen LogP contribution in [0.4, 0.5) is 5.69 Å². The Morgan fingerprint density at radius 2 is 1.66 bits per heavy atom. The molecule has 0 radical (unpaired) electrons. The smallest absolute Gasteiger partial charge is 0.0974 e. The van der Waals surface area contributed by atoms with E-state index in [1.54, 1.807) is 0 Å². The molecule has 2 aromatic heterocycles. The molecule has 1 aliphatic carbocycles. The molecule has 1 saturated heterocycles. The highest BCUT2D eigenvalue weighted by Gasteiger charge is 2.29. The summed E-state index contributed by atoms with van der Waals surface area (Å²) in [6, 6.07) is 11.3. The second-order valence-corrected chi connectivity index (χ2v) is 11.0. The molecule has 1 N–H and O–H groups in total. The van der Waals surface area contributed by atoms with Crippen LogP contribution in [0.15, 0.2) is 42.7 Å². The number of piperidine rings is 1. The number of fused-ring (bicyclic) bond motifs is 1. The molecule has 1 saturated carbocycles. The van der Waals surface area contributed by atoms with Crippen molar-refractivity contribution in [2.75, 3.05) is 18.4 Å². The lowest BCUT2D eigenvalue weighted by atomic mass is 9.99. The zero-order chi connectivity index (χ0) is 22.1. The summed E-state index contributed by atoms with van der Waals surface area (Å²) in [6.45, 7) is 5.90. The number of nitrogens with zero attached hydrogens (tertiary/aromatic N) is 3. The average molecular weight is 449 g/mol. The molecule has 2 aliphatic rings. The van der Waals surface area contributed by atoms with Gasteiger partial charge in [-0.25, -0.2) is 8.51 Å². The van der Waals surface area contributed by atoms with Gasteiger partial charge in [-0.1, -0.05) is 12.8 Å². The predicted molar refractivity (Wildman–Crippen MR) is 133 cm³/mol. The minimum atomic E-state index is -0.809. The lowest BCUT2D eigenvalue weighted by molar-refractivity contribution is 0.343. The van der Waals surface area contributed by atoms with Crippen LogP contribution in [0.3, 0.4) is 0 Å². The van der Waals surface area contributed by atoms with Crippen LogP contribution in [-0.4, -0.2) is 42.9 Å². The maximum absolute atomic E-state index is 12.9. The normalized spacial score (nSPS) is 19.4. The van der Waals surface area contributed by atoms with Crippen LogP contribution < -0.4 is 5.32 Å². The van der Waals surface area contributed by atoms with Crippen molar-refractivity contribution in [1.29, 1.82) is 0 Å². The molecule has 5 rings (SSSR count). The third kappa shape index (κ3) is 4.57. The largest absolute Gasteiger partial charge is 0.382 e. The summed E-state index contributed by atoms with van der Waals surface area (Å²) in [5.74, 6) is 0. The first-order valence-electron chi connectivity index (χ1n) is 11.8. The fourth-order valence-corrected chi connectivity index (χ4v) is 6.92. The molecule has 1 unspecified atom stereocenters. The summed E-state index contributed by atoms with van der Waals surface area (Å²) < 4.78 is 15.1. The maximum Gasteiger partial charge on any atom is 0.0974 e. The molecule has 1 aliphatic heterocycles. The standard InChI is InChI=1S/C26H32N4OS/c1-18-13-21(14-19(2)28-18)22-15-20-7-10-27-17-25(20)26(16-22)29-23-8-11-30(12-9-23)32(31)24-5-3-4-6-24/h7,10,13-17,23-24,29H,3-6,8-9,11-12H2,1-2H3. The lowest BCUT2D eigenvalue weighted by Crippen LogP contribution is -2.42. The number of pyridine rings is 2. The molecular formula is C26H32N4OS. The predicted octanol–water partition coefficient (Wildman–Crippen LogP) is 5.40. The Kier molecular flexibility index (Phi) is 6.24. The summed E-state index contributed by atoms with van der Waals surface area (Å²) in [5.41, 5.74) is 5.59. The summed E-state index contributed by atoms with van der Waals surface area (Å²) in [7, 11) is -0.809. The number of nitrogens with one attached hydrogen (secondary N) is 1. The van der Waals surface area contributed by atoms with Crippen LogP contribution in [0.1, 0.15) is 49.9 Å². The Morgan fingerprint density at radius 1 is 0.969 bits per heavy atom. The molecule has 3 aromatic rings. The van der Waals surface area contributed by atoms with Gasteiger partial charge in [0.05, 0.1) is 11.0 Å². The number of anilines is 1. The molecule has 3 heterocycles. The number of benzene rings is 1. The molecule has 168 valence electrons. The van der Waals surface area contributed by atoms with Gasteiger partial charge in [0, 0.05) is 59.2 Å². The third-order valence-electron chi connectivity index (χ3n) is 6.83. The topological polar surface area (TPSA) is 58.1 Å². The van der Waals surface area contributed by atoms with E-state index in [-0.39, 0.29) is 0 Å². The van der Waals surface area contributed by atoms with Crippen molar-refractivity contribution in [3.05, 3.63) is 54.1 Å². The fourth-order valence-electron chi connectivity index (χ4n) is 5.19. The number of aryl methyl sites for hydroxylation is 2. The van der Waals surface area contributed by atoms with Crippen molar-refractivity contribution in [1.82, 2.24) is 14.3 Å².